The molecule has 1 heterocycles. The summed E-state index contributed by atoms with van der Waals surface area (Å²) < 4.78 is 10.6. The Morgan fingerprint density at radius 2 is 2.19 bits per heavy atom. The minimum absolute atomic E-state index is 0.278. The minimum atomic E-state index is 0.278. The molecule has 16 heavy (non-hydrogen) atoms. The molecule has 0 aromatic heterocycles. The second-order valence-electron chi connectivity index (χ2n) is 3.84. The summed E-state index contributed by atoms with van der Waals surface area (Å²) in [6.07, 6.45) is 0.899. The first kappa shape index (κ1) is 11.2. The number of nitrogens with one attached hydrogen (secondary N) is 1. The zero-order valence-corrected chi connectivity index (χ0v) is 9.66. The van der Waals surface area contributed by atoms with E-state index in [-0.39, 0.29) is 6.04 Å². The molecule has 88 valence electrons. The Morgan fingerprint density at radius 3 is 3.00 bits per heavy atom. The highest BCUT2D eigenvalue weighted by Gasteiger charge is 2.14. The van der Waals surface area contributed by atoms with Gasteiger partial charge >= 0.3 is 0 Å². The second kappa shape index (κ2) is 5.18. The van der Waals surface area contributed by atoms with Gasteiger partial charge in [-0.2, -0.15) is 5.48 Å². The fourth-order valence-electron chi connectivity index (χ4n) is 1.69. The number of hydrogen-bond acceptors (Lipinski definition) is 4. The molecule has 1 aromatic rings. The van der Waals surface area contributed by atoms with Crippen molar-refractivity contribution in [3.05, 3.63) is 23.8 Å². The maximum atomic E-state index is 5.33. The van der Waals surface area contributed by atoms with Crippen LogP contribution >= 0.6 is 0 Å². The van der Waals surface area contributed by atoms with E-state index in [1.54, 1.807) is 0 Å². The maximum Gasteiger partial charge on any atom is 0.231 e. The normalized spacial score (nSPS) is 15.1. The number of rotatable bonds is 5. The third kappa shape index (κ3) is 2.65. The third-order valence-corrected chi connectivity index (χ3v) is 2.41. The molecule has 0 radical (unpaired) electrons. The third-order valence-electron chi connectivity index (χ3n) is 2.41. The fourth-order valence-corrected chi connectivity index (χ4v) is 1.69. The lowest BCUT2D eigenvalue weighted by Crippen LogP contribution is -2.28. The van der Waals surface area contributed by atoms with Crippen molar-refractivity contribution in [2.75, 3.05) is 13.4 Å². The van der Waals surface area contributed by atoms with Crippen molar-refractivity contribution in [1.29, 1.82) is 0 Å². The van der Waals surface area contributed by atoms with Crippen LogP contribution in [-0.4, -0.2) is 19.4 Å². The van der Waals surface area contributed by atoms with Gasteiger partial charge in [0.1, 0.15) is 0 Å². The van der Waals surface area contributed by atoms with Crippen molar-refractivity contribution in [3.63, 3.8) is 0 Å². The first-order chi connectivity index (χ1) is 7.79. The summed E-state index contributed by atoms with van der Waals surface area (Å²) in [5, 5.41) is 0. The molecule has 0 fully saturated rings. The predicted octanol–water partition coefficient (Wildman–Crippen LogP) is 1.89. The van der Waals surface area contributed by atoms with E-state index in [1.165, 1.54) is 5.56 Å². The van der Waals surface area contributed by atoms with Gasteiger partial charge in [0.05, 0.1) is 6.61 Å². The van der Waals surface area contributed by atoms with Crippen LogP contribution in [0, 0.1) is 0 Å². The highest BCUT2D eigenvalue weighted by atomic mass is 16.7. The Kier molecular flexibility index (Phi) is 3.64. The Hall–Kier alpha value is -1.26. The molecule has 4 nitrogen and oxygen atoms in total. The van der Waals surface area contributed by atoms with Crippen LogP contribution < -0.4 is 15.0 Å². The zero-order chi connectivity index (χ0) is 11.4. The molecule has 1 N–H and O–H groups in total. The summed E-state index contributed by atoms with van der Waals surface area (Å²) in [5.41, 5.74) is 4.19. The summed E-state index contributed by atoms with van der Waals surface area (Å²) >= 11 is 0. The molecule has 0 spiro atoms. The van der Waals surface area contributed by atoms with Crippen LogP contribution in [0.5, 0.6) is 11.5 Å². The second-order valence-corrected chi connectivity index (χ2v) is 3.84. The predicted molar refractivity (Wildman–Crippen MR) is 60.5 cm³/mol. The molecule has 1 atom stereocenters. The molecule has 4 heteroatoms. The average Bonchev–Trinajstić information content (AvgIpc) is 2.73. The summed E-state index contributed by atoms with van der Waals surface area (Å²) in [7, 11) is 0. The number of hydroxylamine groups is 1. The van der Waals surface area contributed by atoms with Gasteiger partial charge in [-0.1, -0.05) is 6.07 Å². The molecule has 1 unspecified atom stereocenters. The van der Waals surface area contributed by atoms with Crippen molar-refractivity contribution in [1.82, 2.24) is 5.48 Å². The van der Waals surface area contributed by atoms with Crippen LogP contribution in [0.1, 0.15) is 19.4 Å². The van der Waals surface area contributed by atoms with Crippen LogP contribution in [0.25, 0.3) is 0 Å². The fraction of sp³-hybridized carbons (Fsp3) is 0.500. The van der Waals surface area contributed by atoms with E-state index in [1.807, 2.05) is 19.1 Å². The van der Waals surface area contributed by atoms with Gasteiger partial charge in [0.2, 0.25) is 6.79 Å². The molecule has 0 saturated heterocycles. The van der Waals surface area contributed by atoms with Gasteiger partial charge in [-0.15, -0.1) is 0 Å². The zero-order valence-electron chi connectivity index (χ0n) is 9.66. The Morgan fingerprint density at radius 1 is 1.38 bits per heavy atom. The first-order valence-electron chi connectivity index (χ1n) is 5.55. The van der Waals surface area contributed by atoms with Crippen LogP contribution in [0.3, 0.4) is 0 Å². The molecule has 0 saturated carbocycles. The van der Waals surface area contributed by atoms with Gasteiger partial charge in [-0.3, -0.25) is 0 Å². The highest BCUT2D eigenvalue weighted by molar-refractivity contribution is 5.44. The van der Waals surface area contributed by atoms with Gasteiger partial charge < -0.3 is 14.3 Å². The van der Waals surface area contributed by atoms with E-state index in [0.717, 1.165) is 17.9 Å². The topological polar surface area (TPSA) is 39.7 Å². The monoisotopic (exact) mass is 223 g/mol. The maximum absolute atomic E-state index is 5.33. The molecule has 0 aliphatic carbocycles. The average molecular weight is 223 g/mol. The van der Waals surface area contributed by atoms with E-state index in [0.29, 0.717) is 13.4 Å². The van der Waals surface area contributed by atoms with Gasteiger partial charge in [-0.25, -0.2) is 0 Å². The number of hydrogen-bond donors (Lipinski definition) is 1. The Balaban J connectivity index is 1.94. The summed E-state index contributed by atoms with van der Waals surface area (Å²) in [4.78, 5) is 5.15. The van der Waals surface area contributed by atoms with Crippen LogP contribution in [0.2, 0.25) is 0 Å². The van der Waals surface area contributed by atoms with E-state index in [4.69, 9.17) is 14.3 Å². The summed E-state index contributed by atoms with van der Waals surface area (Å²) in [6, 6.07) is 6.30. The van der Waals surface area contributed by atoms with Crippen molar-refractivity contribution in [2.45, 2.75) is 26.3 Å². The van der Waals surface area contributed by atoms with Crippen molar-refractivity contribution in [3.8, 4) is 11.5 Å². The van der Waals surface area contributed by atoms with Crippen LogP contribution in [-0.2, 0) is 11.3 Å². The Labute approximate surface area is 95.5 Å². The van der Waals surface area contributed by atoms with Crippen molar-refractivity contribution < 1.29 is 14.3 Å². The van der Waals surface area contributed by atoms with Gasteiger partial charge in [0, 0.05) is 6.04 Å². The lowest BCUT2D eigenvalue weighted by atomic mass is 10.1. The number of fused-ring (bicyclic) bond motifs is 1. The van der Waals surface area contributed by atoms with Gasteiger partial charge in [0.15, 0.2) is 11.5 Å². The molecular weight excluding hydrogens is 206 g/mol. The number of benzene rings is 1. The first-order valence-corrected chi connectivity index (χ1v) is 5.55. The van der Waals surface area contributed by atoms with E-state index >= 15 is 0 Å². The van der Waals surface area contributed by atoms with Crippen molar-refractivity contribution in [2.24, 2.45) is 0 Å². The quantitative estimate of drug-likeness (QED) is 0.774. The smallest absolute Gasteiger partial charge is 0.231 e. The largest absolute Gasteiger partial charge is 0.454 e. The lowest BCUT2D eigenvalue weighted by molar-refractivity contribution is 0.0290. The van der Waals surface area contributed by atoms with Crippen LogP contribution in [0.4, 0.5) is 0 Å². The SMILES string of the molecule is CCONC(C)Cc1ccc2c(c1)OCO2. The van der Waals surface area contributed by atoms with Gasteiger partial charge in [-0.05, 0) is 38.0 Å². The van der Waals surface area contributed by atoms with Crippen LogP contribution in [0.15, 0.2) is 18.2 Å². The Bertz CT molecular complexity index is 354. The molecule has 0 amide bonds. The lowest BCUT2D eigenvalue weighted by Gasteiger charge is -2.13. The van der Waals surface area contributed by atoms with E-state index in [9.17, 15) is 0 Å². The highest BCUT2D eigenvalue weighted by Crippen LogP contribution is 2.32. The van der Waals surface area contributed by atoms with E-state index in [2.05, 4.69) is 18.5 Å². The molecule has 1 aliphatic rings. The summed E-state index contributed by atoms with van der Waals surface area (Å²) in [6.45, 7) is 5.04. The molecule has 2 rings (SSSR count). The summed E-state index contributed by atoms with van der Waals surface area (Å²) in [5.74, 6) is 1.66. The van der Waals surface area contributed by atoms with Gasteiger partial charge in [0.25, 0.3) is 0 Å². The molecule has 1 aliphatic heterocycles. The molecule has 0 bridgehead atoms. The van der Waals surface area contributed by atoms with Crippen molar-refractivity contribution >= 4 is 0 Å². The molecule has 1 aromatic carbocycles. The van der Waals surface area contributed by atoms with E-state index < -0.39 is 0 Å². The molecular formula is C12H17NO3. The number of ether oxygens (including phenoxy) is 2. The standard InChI is InChI=1S/C12H17NO3/c1-3-16-13-9(2)6-10-4-5-11-12(7-10)15-8-14-11/h4-5,7,9,13H,3,6,8H2,1-2H3. The minimum Gasteiger partial charge on any atom is -0.454 e.